The number of carbonyl (C=O) groups is 1. The summed E-state index contributed by atoms with van der Waals surface area (Å²) in [6.07, 6.45) is 4.22. The molecule has 3 rings (SSSR count). The predicted octanol–water partition coefficient (Wildman–Crippen LogP) is 5.21. The van der Waals surface area contributed by atoms with Crippen molar-refractivity contribution in [1.29, 1.82) is 0 Å². The number of hydrogen-bond acceptors (Lipinski definition) is 7. The van der Waals surface area contributed by atoms with Crippen molar-refractivity contribution in [1.82, 2.24) is 20.1 Å². The molecule has 0 aliphatic heterocycles. The molecule has 0 bridgehead atoms. The fraction of sp³-hybridized carbons (Fsp3) is 0.346. The van der Waals surface area contributed by atoms with Gasteiger partial charge in [-0.3, -0.25) is 19.8 Å². The van der Waals surface area contributed by atoms with E-state index in [4.69, 9.17) is 9.47 Å². The van der Waals surface area contributed by atoms with E-state index in [0.29, 0.717) is 36.5 Å². The van der Waals surface area contributed by atoms with Crippen molar-refractivity contribution in [2.45, 2.75) is 52.0 Å². The molecule has 190 valence electrons. The molecule has 0 radical (unpaired) electrons. The highest BCUT2D eigenvalue weighted by molar-refractivity contribution is 5.70. The van der Waals surface area contributed by atoms with Gasteiger partial charge in [-0.1, -0.05) is 36.4 Å². The van der Waals surface area contributed by atoms with Crippen molar-refractivity contribution in [2.24, 2.45) is 0 Å². The smallest absolute Gasteiger partial charge is 0.408 e. The minimum Gasteiger partial charge on any atom is -0.445 e. The molecular formula is C26H31N5O5. The number of alkyl carbamates (subject to hydrolysis) is 1. The molecule has 2 heterocycles. The zero-order valence-electron chi connectivity index (χ0n) is 20.7. The third-order valence-electron chi connectivity index (χ3n) is 5.17. The van der Waals surface area contributed by atoms with Gasteiger partial charge in [0.1, 0.15) is 18.5 Å². The van der Waals surface area contributed by atoms with Crippen LogP contribution in [0.15, 0.2) is 67.5 Å². The molecule has 1 atom stereocenters. The largest absolute Gasteiger partial charge is 0.445 e. The zero-order valence-corrected chi connectivity index (χ0v) is 20.7. The molecule has 0 aliphatic rings. The van der Waals surface area contributed by atoms with Gasteiger partial charge in [0.25, 0.3) is 0 Å². The summed E-state index contributed by atoms with van der Waals surface area (Å²) < 4.78 is 12.7. The highest BCUT2D eigenvalue weighted by atomic mass is 16.6. The number of rotatable bonds is 11. The molecule has 3 aromatic rings. The number of hydrogen-bond donors (Lipinski definition) is 1. The molecule has 0 aliphatic carbocycles. The Morgan fingerprint density at radius 3 is 2.69 bits per heavy atom. The molecule has 0 spiro atoms. The number of benzene rings is 1. The molecule has 0 saturated heterocycles. The van der Waals surface area contributed by atoms with Crippen LogP contribution >= 0.6 is 0 Å². The first-order chi connectivity index (χ1) is 17.2. The highest BCUT2D eigenvalue weighted by Gasteiger charge is 2.24. The van der Waals surface area contributed by atoms with Crippen LogP contribution in [0.2, 0.25) is 0 Å². The molecule has 1 N–H and O–H groups in total. The number of pyridine rings is 1. The lowest BCUT2D eigenvalue weighted by Crippen LogP contribution is -2.29. The van der Waals surface area contributed by atoms with E-state index >= 15 is 0 Å². The normalized spacial score (nSPS) is 12.1. The highest BCUT2D eigenvalue weighted by Crippen LogP contribution is 2.31. The number of carbonyl (C=O) groups excluding carboxylic acids is 1. The lowest BCUT2D eigenvalue weighted by Gasteiger charge is -2.20. The van der Waals surface area contributed by atoms with E-state index in [9.17, 15) is 14.9 Å². The van der Waals surface area contributed by atoms with E-state index in [-0.39, 0.29) is 17.9 Å². The number of nitrogens with one attached hydrogen (secondary N) is 1. The fourth-order valence-corrected chi connectivity index (χ4v) is 3.53. The van der Waals surface area contributed by atoms with Gasteiger partial charge in [-0.05, 0) is 44.9 Å². The Morgan fingerprint density at radius 2 is 2.03 bits per heavy atom. The summed E-state index contributed by atoms with van der Waals surface area (Å²) in [5, 5.41) is 18.7. The minimum atomic E-state index is -0.603. The predicted molar refractivity (Wildman–Crippen MR) is 135 cm³/mol. The lowest BCUT2D eigenvalue weighted by molar-refractivity contribution is -0.384. The Morgan fingerprint density at radius 1 is 1.28 bits per heavy atom. The van der Waals surface area contributed by atoms with Crippen molar-refractivity contribution in [2.75, 3.05) is 6.61 Å². The van der Waals surface area contributed by atoms with Gasteiger partial charge in [0, 0.05) is 11.8 Å². The number of ether oxygens (including phenoxy) is 2. The standard InChI is InChI=1S/C26H31N5O5/c1-5-9-21(29-25(32)35-18-19-10-7-6-8-11-19)22-16-20(12-13-27-22)24-23(31(33)34)17-28-30(24)14-15-36-26(2,3)4/h5-8,10-13,16-17,21H,1,9,14-15,18H2,2-4H3,(H,29,32)/t21-/m0/s1. The monoisotopic (exact) mass is 493 g/mol. The Hall–Kier alpha value is -4.05. The SMILES string of the molecule is C=CC[C@H](NC(=O)OCc1ccccc1)c1cc(-c2c([N+](=O)[O-])cnn2CCOC(C)(C)C)ccn1. The maximum Gasteiger partial charge on any atom is 0.408 e. The van der Waals surface area contributed by atoms with Crippen molar-refractivity contribution in [3.05, 3.63) is 88.9 Å². The summed E-state index contributed by atoms with van der Waals surface area (Å²) >= 11 is 0. The molecule has 1 amide bonds. The average Bonchev–Trinajstić information content (AvgIpc) is 3.27. The summed E-state index contributed by atoms with van der Waals surface area (Å²) in [5.74, 6) is 0. The van der Waals surface area contributed by atoms with Crippen molar-refractivity contribution in [3.8, 4) is 11.3 Å². The van der Waals surface area contributed by atoms with E-state index in [1.54, 1.807) is 29.1 Å². The van der Waals surface area contributed by atoms with Crippen LogP contribution in [-0.2, 0) is 22.6 Å². The quantitative estimate of drug-likeness (QED) is 0.221. The Kier molecular flexibility index (Phi) is 8.91. The van der Waals surface area contributed by atoms with Gasteiger partial charge >= 0.3 is 11.8 Å². The summed E-state index contributed by atoms with van der Waals surface area (Å²) in [5.41, 5.74) is 1.79. The van der Waals surface area contributed by atoms with Gasteiger partial charge in [0.15, 0.2) is 0 Å². The number of amides is 1. The van der Waals surface area contributed by atoms with E-state index in [2.05, 4.69) is 22.0 Å². The van der Waals surface area contributed by atoms with Gasteiger partial charge in [0.2, 0.25) is 0 Å². The maximum atomic E-state index is 12.5. The molecule has 2 aromatic heterocycles. The van der Waals surface area contributed by atoms with Crippen molar-refractivity contribution < 1.29 is 19.2 Å². The van der Waals surface area contributed by atoms with Crippen LogP contribution in [0.1, 0.15) is 44.5 Å². The second-order valence-electron chi connectivity index (χ2n) is 9.07. The van der Waals surface area contributed by atoms with Crippen LogP contribution < -0.4 is 5.32 Å². The minimum absolute atomic E-state index is 0.126. The van der Waals surface area contributed by atoms with E-state index < -0.39 is 17.1 Å². The molecule has 0 fully saturated rings. The average molecular weight is 494 g/mol. The van der Waals surface area contributed by atoms with Crippen LogP contribution in [0.5, 0.6) is 0 Å². The van der Waals surface area contributed by atoms with Gasteiger partial charge in [-0.2, -0.15) is 5.10 Å². The van der Waals surface area contributed by atoms with Crippen LogP contribution in [0, 0.1) is 10.1 Å². The van der Waals surface area contributed by atoms with Crippen LogP contribution in [0.25, 0.3) is 11.3 Å². The molecule has 0 unspecified atom stereocenters. The number of nitro groups is 1. The Bertz CT molecular complexity index is 1190. The summed E-state index contributed by atoms with van der Waals surface area (Å²) in [7, 11) is 0. The first-order valence-corrected chi connectivity index (χ1v) is 11.6. The van der Waals surface area contributed by atoms with E-state index in [1.165, 1.54) is 6.20 Å². The van der Waals surface area contributed by atoms with Crippen LogP contribution in [0.3, 0.4) is 0 Å². The number of aromatic nitrogens is 3. The molecule has 0 saturated carbocycles. The first kappa shape index (κ1) is 26.6. The van der Waals surface area contributed by atoms with Gasteiger partial charge in [-0.25, -0.2) is 4.79 Å². The first-order valence-electron chi connectivity index (χ1n) is 11.6. The second kappa shape index (κ2) is 12.1. The summed E-state index contributed by atoms with van der Waals surface area (Å²) in [6.45, 7) is 10.4. The third-order valence-corrected chi connectivity index (χ3v) is 5.17. The summed E-state index contributed by atoms with van der Waals surface area (Å²) in [6, 6.07) is 12.2. The van der Waals surface area contributed by atoms with E-state index in [1.807, 2.05) is 51.1 Å². The van der Waals surface area contributed by atoms with Crippen molar-refractivity contribution in [3.63, 3.8) is 0 Å². The van der Waals surface area contributed by atoms with Gasteiger partial charge < -0.3 is 14.8 Å². The topological polar surface area (TPSA) is 121 Å². The molecule has 10 heteroatoms. The van der Waals surface area contributed by atoms with Crippen molar-refractivity contribution >= 4 is 11.8 Å². The second-order valence-corrected chi connectivity index (χ2v) is 9.07. The van der Waals surface area contributed by atoms with E-state index in [0.717, 1.165) is 5.56 Å². The lowest BCUT2D eigenvalue weighted by atomic mass is 10.1. The number of nitrogens with zero attached hydrogens (tertiary/aromatic N) is 4. The molecule has 36 heavy (non-hydrogen) atoms. The van der Waals surface area contributed by atoms with Crippen LogP contribution in [-0.4, -0.2) is 38.0 Å². The third kappa shape index (κ3) is 7.47. The molecule has 1 aromatic carbocycles. The van der Waals surface area contributed by atoms with Crippen LogP contribution in [0.4, 0.5) is 10.5 Å². The maximum absolute atomic E-state index is 12.5. The Labute approximate surface area is 210 Å². The van der Waals surface area contributed by atoms with Gasteiger partial charge in [-0.15, -0.1) is 6.58 Å². The molecule has 10 nitrogen and oxygen atoms in total. The van der Waals surface area contributed by atoms with Gasteiger partial charge in [0.05, 0.1) is 35.4 Å². The molecular weight excluding hydrogens is 462 g/mol. The fourth-order valence-electron chi connectivity index (χ4n) is 3.53. The summed E-state index contributed by atoms with van der Waals surface area (Å²) in [4.78, 5) is 28.1. The zero-order chi connectivity index (χ0) is 26.1. The Balaban J connectivity index is 1.81.